The van der Waals surface area contributed by atoms with Gasteiger partial charge in [-0.1, -0.05) is 49.1 Å². The molecule has 0 amide bonds. The van der Waals surface area contributed by atoms with Crippen molar-refractivity contribution < 1.29 is 14.3 Å². The summed E-state index contributed by atoms with van der Waals surface area (Å²) in [4.78, 5) is 11.3. The maximum atomic E-state index is 11.3. The molecule has 0 heterocycles. The van der Waals surface area contributed by atoms with E-state index < -0.39 is 0 Å². The van der Waals surface area contributed by atoms with Crippen molar-refractivity contribution in [2.45, 2.75) is 45.4 Å². The Morgan fingerprint density at radius 2 is 1.72 bits per heavy atom. The number of ether oxygens (including phenoxy) is 2. The molecule has 0 bridgehead atoms. The van der Waals surface area contributed by atoms with Gasteiger partial charge in [-0.05, 0) is 79.8 Å². The number of esters is 1. The van der Waals surface area contributed by atoms with Crippen molar-refractivity contribution >= 4 is 17.6 Å². The number of hydrogen-bond donors (Lipinski definition) is 0. The van der Waals surface area contributed by atoms with Gasteiger partial charge in [0, 0.05) is 5.57 Å². The third-order valence-electron chi connectivity index (χ3n) is 5.14. The lowest BCUT2D eigenvalue weighted by molar-refractivity contribution is -0.139. The summed E-state index contributed by atoms with van der Waals surface area (Å²) in [6.45, 7) is 6.34. The number of allylic oxidation sites excluding steroid dienone is 1. The minimum Gasteiger partial charge on any atom is -0.494 e. The largest absolute Gasteiger partial charge is 0.494 e. The standard InChI is InChI=1S/C26H30O3/c1-20(2)26(27)29-18-7-3-6-17-28-25-15-13-22(14-16-25)24-12-8-11-21-9-4-5-10-23(21)19-24/h4-5,9-10,13-16,19H,1,3,6-8,11-12,17-18H2,2H3. The Bertz CT molecular complexity index is 862. The number of unbranched alkanes of at least 4 members (excludes halogenated alkanes) is 2. The second-order valence-corrected chi connectivity index (χ2v) is 7.57. The monoisotopic (exact) mass is 390 g/mol. The first-order valence-electron chi connectivity index (χ1n) is 10.5. The Morgan fingerprint density at radius 1 is 0.966 bits per heavy atom. The number of rotatable bonds is 9. The molecule has 1 aliphatic carbocycles. The molecule has 29 heavy (non-hydrogen) atoms. The average molecular weight is 391 g/mol. The maximum Gasteiger partial charge on any atom is 0.333 e. The first-order valence-corrected chi connectivity index (χ1v) is 10.5. The van der Waals surface area contributed by atoms with E-state index in [-0.39, 0.29) is 5.97 Å². The molecule has 0 fully saturated rings. The van der Waals surface area contributed by atoms with Crippen molar-refractivity contribution in [1.29, 1.82) is 0 Å². The summed E-state index contributed by atoms with van der Waals surface area (Å²) >= 11 is 0. The highest BCUT2D eigenvalue weighted by Gasteiger charge is 2.10. The molecule has 0 atom stereocenters. The van der Waals surface area contributed by atoms with Crippen molar-refractivity contribution in [2.24, 2.45) is 0 Å². The van der Waals surface area contributed by atoms with Gasteiger partial charge in [0.2, 0.25) is 0 Å². The van der Waals surface area contributed by atoms with Gasteiger partial charge < -0.3 is 9.47 Å². The molecule has 152 valence electrons. The Morgan fingerprint density at radius 3 is 2.52 bits per heavy atom. The lowest BCUT2D eigenvalue weighted by Crippen LogP contribution is -2.06. The average Bonchev–Trinajstić information content (AvgIpc) is 2.95. The third-order valence-corrected chi connectivity index (χ3v) is 5.14. The first kappa shape index (κ1) is 20.9. The summed E-state index contributed by atoms with van der Waals surface area (Å²) in [5.74, 6) is 0.589. The first-order chi connectivity index (χ1) is 14.1. The summed E-state index contributed by atoms with van der Waals surface area (Å²) in [6, 6.07) is 17.1. The van der Waals surface area contributed by atoms with E-state index in [9.17, 15) is 4.79 Å². The highest BCUT2D eigenvalue weighted by molar-refractivity contribution is 5.86. The van der Waals surface area contributed by atoms with E-state index in [1.54, 1.807) is 6.92 Å². The highest BCUT2D eigenvalue weighted by Crippen LogP contribution is 2.30. The molecular weight excluding hydrogens is 360 g/mol. The van der Waals surface area contributed by atoms with Crippen LogP contribution >= 0.6 is 0 Å². The van der Waals surface area contributed by atoms with E-state index in [1.165, 1.54) is 28.7 Å². The molecule has 3 heteroatoms. The smallest absolute Gasteiger partial charge is 0.333 e. The van der Waals surface area contributed by atoms with Crippen LogP contribution in [0.15, 0.2) is 60.7 Å². The van der Waals surface area contributed by atoms with Gasteiger partial charge in [0.05, 0.1) is 13.2 Å². The molecule has 3 nitrogen and oxygen atoms in total. The molecule has 3 rings (SSSR count). The summed E-state index contributed by atoms with van der Waals surface area (Å²) in [5, 5.41) is 0. The van der Waals surface area contributed by atoms with E-state index in [1.807, 2.05) is 0 Å². The van der Waals surface area contributed by atoms with Gasteiger partial charge in [-0.25, -0.2) is 4.79 Å². The fourth-order valence-electron chi connectivity index (χ4n) is 3.48. The van der Waals surface area contributed by atoms with Gasteiger partial charge in [0.15, 0.2) is 0 Å². The molecule has 2 aromatic carbocycles. The maximum absolute atomic E-state index is 11.3. The van der Waals surface area contributed by atoms with E-state index in [0.717, 1.165) is 37.9 Å². The fourth-order valence-corrected chi connectivity index (χ4v) is 3.48. The highest BCUT2D eigenvalue weighted by atomic mass is 16.5. The van der Waals surface area contributed by atoms with Crippen molar-refractivity contribution in [1.82, 2.24) is 0 Å². The van der Waals surface area contributed by atoms with Crippen LogP contribution in [0.1, 0.15) is 55.7 Å². The zero-order valence-electron chi connectivity index (χ0n) is 17.3. The summed E-state index contributed by atoms with van der Waals surface area (Å²) in [6.07, 6.45) is 8.51. The van der Waals surface area contributed by atoms with Crippen LogP contribution in [-0.4, -0.2) is 19.2 Å². The van der Waals surface area contributed by atoms with E-state index in [2.05, 4.69) is 61.2 Å². The topological polar surface area (TPSA) is 35.5 Å². The predicted octanol–water partition coefficient (Wildman–Crippen LogP) is 6.23. The molecular formula is C26H30O3. The van der Waals surface area contributed by atoms with Crippen LogP contribution in [0, 0.1) is 0 Å². The normalized spacial score (nSPS) is 13.1. The Balaban J connectivity index is 1.43. The van der Waals surface area contributed by atoms with Crippen molar-refractivity contribution in [3.05, 3.63) is 77.4 Å². The van der Waals surface area contributed by atoms with Crippen LogP contribution < -0.4 is 4.74 Å². The SMILES string of the molecule is C=C(C)C(=O)OCCCCCOc1ccc(C2=Cc3ccccc3CCC2)cc1. The summed E-state index contributed by atoms with van der Waals surface area (Å²) in [7, 11) is 0. The minimum atomic E-state index is -0.311. The Kier molecular flexibility index (Phi) is 7.69. The van der Waals surface area contributed by atoms with Crippen molar-refractivity contribution in [2.75, 3.05) is 13.2 Å². The minimum absolute atomic E-state index is 0.311. The van der Waals surface area contributed by atoms with Crippen LogP contribution in [0.4, 0.5) is 0 Å². The summed E-state index contributed by atoms with van der Waals surface area (Å²) in [5.41, 5.74) is 5.89. The van der Waals surface area contributed by atoms with Crippen LogP contribution in [0.2, 0.25) is 0 Å². The quantitative estimate of drug-likeness (QED) is 0.289. The predicted molar refractivity (Wildman–Crippen MR) is 119 cm³/mol. The molecule has 0 N–H and O–H groups in total. The van der Waals surface area contributed by atoms with Crippen LogP contribution in [0.5, 0.6) is 5.75 Å². The molecule has 2 aromatic rings. The van der Waals surface area contributed by atoms with Crippen LogP contribution in [-0.2, 0) is 16.0 Å². The molecule has 1 aliphatic rings. The molecule has 0 unspecified atom stereocenters. The van der Waals surface area contributed by atoms with Crippen LogP contribution in [0.3, 0.4) is 0 Å². The molecule has 0 aliphatic heterocycles. The zero-order valence-corrected chi connectivity index (χ0v) is 17.3. The Hall–Kier alpha value is -2.81. The van der Waals surface area contributed by atoms with Gasteiger partial charge in [-0.15, -0.1) is 0 Å². The van der Waals surface area contributed by atoms with Gasteiger partial charge >= 0.3 is 5.97 Å². The van der Waals surface area contributed by atoms with Crippen LogP contribution in [0.25, 0.3) is 11.6 Å². The fraction of sp³-hybridized carbons (Fsp3) is 0.346. The van der Waals surface area contributed by atoms with Gasteiger partial charge in [-0.2, -0.15) is 0 Å². The lowest BCUT2D eigenvalue weighted by Gasteiger charge is -2.09. The van der Waals surface area contributed by atoms with Gasteiger partial charge in [0.25, 0.3) is 0 Å². The number of hydrogen-bond acceptors (Lipinski definition) is 3. The van der Waals surface area contributed by atoms with Gasteiger partial charge in [0.1, 0.15) is 5.75 Å². The molecule has 0 radical (unpaired) electrons. The molecule has 0 saturated carbocycles. The second-order valence-electron chi connectivity index (χ2n) is 7.57. The van der Waals surface area contributed by atoms with Crippen molar-refractivity contribution in [3.63, 3.8) is 0 Å². The molecule has 0 aromatic heterocycles. The lowest BCUT2D eigenvalue weighted by atomic mass is 10.0. The third kappa shape index (κ3) is 6.35. The Labute approximate surface area is 174 Å². The number of carbonyl (C=O) groups excluding carboxylic acids is 1. The van der Waals surface area contributed by atoms with Crippen molar-refractivity contribution in [3.8, 4) is 5.75 Å². The van der Waals surface area contributed by atoms with Gasteiger partial charge in [-0.3, -0.25) is 0 Å². The number of fused-ring (bicyclic) bond motifs is 1. The number of aryl methyl sites for hydroxylation is 1. The molecule has 0 spiro atoms. The van der Waals surface area contributed by atoms with E-state index >= 15 is 0 Å². The number of benzene rings is 2. The van der Waals surface area contributed by atoms with E-state index in [4.69, 9.17) is 9.47 Å². The number of carbonyl (C=O) groups is 1. The zero-order chi connectivity index (χ0) is 20.5. The second kappa shape index (κ2) is 10.7. The van der Waals surface area contributed by atoms with E-state index in [0.29, 0.717) is 18.8 Å². The summed E-state index contributed by atoms with van der Waals surface area (Å²) < 4.78 is 10.9. The molecule has 0 saturated heterocycles.